The molecule has 1 aromatic carbocycles. The van der Waals surface area contributed by atoms with Gasteiger partial charge in [0.25, 0.3) is 5.69 Å². The highest BCUT2D eigenvalue weighted by Gasteiger charge is 2.33. The van der Waals surface area contributed by atoms with Crippen molar-refractivity contribution in [1.82, 2.24) is 4.57 Å². The van der Waals surface area contributed by atoms with Crippen LogP contribution >= 0.6 is 0 Å². The van der Waals surface area contributed by atoms with Gasteiger partial charge >= 0.3 is 0 Å². The minimum absolute atomic E-state index is 0.0219. The number of fused-ring (bicyclic) bond motifs is 1. The highest BCUT2D eigenvalue weighted by Crippen LogP contribution is 2.31. The van der Waals surface area contributed by atoms with E-state index in [0.29, 0.717) is 24.2 Å². The number of rotatable bonds is 5. The van der Waals surface area contributed by atoms with Crippen molar-refractivity contribution in [2.24, 2.45) is 5.92 Å². The lowest BCUT2D eigenvalue weighted by atomic mass is 9.86. The summed E-state index contributed by atoms with van der Waals surface area (Å²) in [5.41, 5.74) is 2.36. The summed E-state index contributed by atoms with van der Waals surface area (Å²) in [5.74, 6) is -0.459. The number of Topliss-reactive ketones (excluding diaryl/α,β-unsaturated/α-hetero) is 1. The van der Waals surface area contributed by atoms with Crippen molar-refractivity contribution >= 4 is 11.5 Å². The maximum absolute atomic E-state index is 12.6. The first-order valence-corrected chi connectivity index (χ1v) is 9.12. The molecular weight excluding hydrogens is 358 g/mol. The summed E-state index contributed by atoms with van der Waals surface area (Å²) in [6.45, 7) is 1.28. The Morgan fingerprint density at radius 2 is 1.89 bits per heavy atom. The first-order valence-electron chi connectivity index (χ1n) is 9.12. The Kier molecular flexibility index (Phi) is 4.75. The molecule has 7 nitrogen and oxygen atoms in total. The number of aliphatic hydroxyl groups excluding tert-OH is 1. The number of nitro groups is 1. The van der Waals surface area contributed by atoms with Crippen LogP contribution in [0.5, 0.6) is 0 Å². The van der Waals surface area contributed by atoms with Crippen LogP contribution in [0.1, 0.15) is 34.1 Å². The molecule has 0 fully saturated rings. The number of hydrogen-bond acceptors (Lipinski definition) is 4. The van der Waals surface area contributed by atoms with Crippen LogP contribution in [-0.4, -0.2) is 20.4 Å². The fraction of sp³-hybridized carbons (Fsp3) is 0.238. The molecule has 4 rings (SSSR count). The Bertz CT molecular complexity index is 1010. The SMILES string of the molecule is O=C1c2cccn2CC[C@H]1[C@H](O)c1cc[n+](Cc2ccc([N+](=O)[O-])cc2)cc1. The number of benzene rings is 1. The van der Waals surface area contributed by atoms with Crippen LogP contribution in [0, 0.1) is 16.0 Å². The van der Waals surface area contributed by atoms with Crippen molar-refractivity contribution in [3.05, 3.63) is 94.1 Å². The number of carbonyl (C=O) groups excluding carboxylic acids is 1. The van der Waals surface area contributed by atoms with Gasteiger partial charge < -0.3 is 9.67 Å². The minimum Gasteiger partial charge on any atom is -0.388 e. The van der Waals surface area contributed by atoms with E-state index in [1.165, 1.54) is 12.1 Å². The Morgan fingerprint density at radius 3 is 2.57 bits per heavy atom. The zero-order chi connectivity index (χ0) is 19.7. The number of pyridine rings is 1. The van der Waals surface area contributed by atoms with Crippen LogP contribution in [0.25, 0.3) is 0 Å². The Hall–Kier alpha value is -3.32. The number of aliphatic hydroxyl groups is 1. The van der Waals surface area contributed by atoms with Crippen molar-refractivity contribution in [2.75, 3.05) is 0 Å². The summed E-state index contributed by atoms with van der Waals surface area (Å²) in [6.07, 6.45) is 5.34. The average Bonchev–Trinajstić information content (AvgIpc) is 3.19. The van der Waals surface area contributed by atoms with E-state index in [0.717, 1.165) is 12.1 Å². The number of aryl methyl sites for hydroxylation is 1. The number of nitro benzene ring substituents is 1. The van der Waals surface area contributed by atoms with Gasteiger partial charge in [-0.2, -0.15) is 0 Å². The van der Waals surface area contributed by atoms with Crippen molar-refractivity contribution in [3.63, 3.8) is 0 Å². The lowest BCUT2D eigenvalue weighted by molar-refractivity contribution is -0.688. The zero-order valence-corrected chi connectivity index (χ0v) is 15.1. The van der Waals surface area contributed by atoms with Gasteiger partial charge in [0.2, 0.25) is 0 Å². The summed E-state index contributed by atoms with van der Waals surface area (Å²) >= 11 is 0. The van der Waals surface area contributed by atoms with Crippen molar-refractivity contribution < 1.29 is 19.4 Å². The van der Waals surface area contributed by atoms with E-state index >= 15 is 0 Å². The summed E-state index contributed by atoms with van der Waals surface area (Å²) < 4.78 is 3.85. The van der Waals surface area contributed by atoms with Crippen LogP contribution in [-0.2, 0) is 13.1 Å². The summed E-state index contributed by atoms with van der Waals surface area (Å²) in [4.78, 5) is 23.0. The second-order valence-electron chi connectivity index (χ2n) is 7.02. The zero-order valence-electron chi connectivity index (χ0n) is 15.1. The molecule has 3 heterocycles. The molecule has 0 amide bonds. The highest BCUT2D eigenvalue weighted by atomic mass is 16.6. The molecule has 3 aromatic rings. The molecule has 1 aliphatic rings. The number of hydrogen-bond donors (Lipinski definition) is 1. The van der Waals surface area contributed by atoms with Crippen LogP contribution in [0.15, 0.2) is 67.1 Å². The van der Waals surface area contributed by atoms with Gasteiger partial charge in [-0.05, 0) is 36.2 Å². The van der Waals surface area contributed by atoms with E-state index in [4.69, 9.17) is 0 Å². The number of aromatic nitrogens is 2. The Balaban J connectivity index is 1.45. The lowest BCUT2D eigenvalue weighted by Gasteiger charge is -2.27. The predicted molar refractivity (Wildman–Crippen MR) is 101 cm³/mol. The first-order chi connectivity index (χ1) is 13.5. The van der Waals surface area contributed by atoms with Crippen molar-refractivity contribution in [1.29, 1.82) is 0 Å². The number of non-ortho nitro benzene ring substituents is 1. The van der Waals surface area contributed by atoms with Gasteiger partial charge in [-0.1, -0.05) is 0 Å². The molecule has 2 atom stereocenters. The van der Waals surface area contributed by atoms with E-state index in [2.05, 4.69) is 0 Å². The standard InChI is InChI=1S/C21H20N3O4/c25-20(18-9-13-23-10-1-2-19(23)21(18)26)16-7-11-22(12-8-16)14-15-3-5-17(6-4-15)24(27)28/h1-8,10-12,18,20,25H,9,13-14H2/q+1/t18-,20+/m0/s1. The third-order valence-electron chi connectivity index (χ3n) is 5.25. The molecule has 0 bridgehead atoms. The fourth-order valence-electron chi connectivity index (χ4n) is 3.67. The lowest BCUT2D eigenvalue weighted by Crippen LogP contribution is -2.34. The van der Waals surface area contributed by atoms with Crippen molar-refractivity contribution in [3.8, 4) is 0 Å². The van der Waals surface area contributed by atoms with Gasteiger partial charge in [-0.25, -0.2) is 4.57 Å². The summed E-state index contributed by atoms with van der Waals surface area (Å²) in [7, 11) is 0. The van der Waals surface area contributed by atoms with Crippen LogP contribution < -0.4 is 4.57 Å². The topological polar surface area (TPSA) is 89.2 Å². The van der Waals surface area contributed by atoms with Crippen LogP contribution in [0.3, 0.4) is 0 Å². The molecule has 7 heteroatoms. The van der Waals surface area contributed by atoms with Gasteiger partial charge in [0, 0.05) is 42.6 Å². The smallest absolute Gasteiger partial charge is 0.269 e. The molecule has 0 saturated carbocycles. The second-order valence-corrected chi connectivity index (χ2v) is 7.02. The van der Waals surface area contributed by atoms with E-state index in [9.17, 15) is 20.0 Å². The average molecular weight is 378 g/mol. The van der Waals surface area contributed by atoms with Crippen molar-refractivity contribution in [2.45, 2.75) is 25.6 Å². The molecule has 0 spiro atoms. The summed E-state index contributed by atoms with van der Waals surface area (Å²) in [5, 5.41) is 21.5. The molecule has 0 saturated heterocycles. The molecule has 28 heavy (non-hydrogen) atoms. The molecule has 2 aromatic heterocycles. The fourth-order valence-corrected chi connectivity index (χ4v) is 3.67. The third kappa shape index (κ3) is 3.44. The van der Waals surface area contributed by atoms with E-state index in [1.54, 1.807) is 18.2 Å². The quantitative estimate of drug-likeness (QED) is 0.420. The van der Waals surface area contributed by atoms with E-state index in [1.807, 2.05) is 45.9 Å². The molecule has 142 valence electrons. The molecule has 1 N–H and O–H groups in total. The molecule has 0 radical (unpaired) electrons. The molecular formula is C21H20N3O4+. The van der Waals surface area contributed by atoms with Gasteiger partial charge in [-0.15, -0.1) is 0 Å². The van der Waals surface area contributed by atoms with E-state index in [-0.39, 0.29) is 11.5 Å². The maximum atomic E-state index is 12.6. The molecule has 1 aliphatic heterocycles. The monoisotopic (exact) mass is 378 g/mol. The maximum Gasteiger partial charge on any atom is 0.269 e. The van der Waals surface area contributed by atoms with Gasteiger partial charge in [0.1, 0.15) is 0 Å². The number of carbonyl (C=O) groups is 1. The summed E-state index contributed by atoms with van der Waals surface area (Å²) in [6, 6.07) is 13.7. The van der Waals surface area contributed by atoms with E-state index < -0.39 is 16.9 Å². The number of ketones is 1. The van der Waals surface area contributed by atoms with Gasteiger partial charge in [-0.3, -0.25) is 14.9 Å². The van der Waals surface area contributed by atoms with Gasteiger partial charge in [0.15, 0.2) is 24.7 Å². The molecule has 0 unspecified atom stereocenters. The normalized spacial score (nSPS) is 17.2. The van der Waals surface area contributed by atoms with Crippen LogP contribution in [0.2, 0.25) is 0 Å². The second kappa shape index (κ2) is 7.36. The van der Waals surface area contributed by atoms with Gasteiger partial charge in [0.05, 0.1) is 22.6 Å². The third-order valence-corrected chi connectivity index (χ3v) is 5.25. The number of nitrogens with zero attached hydrogens (tertiary/aromatic N) is 3. The molecule has 0 aliphatic carbocycles. The largest absolute Gasteiger partial charge is 0.388 e. The first kappa shape index (κ1) is 18.1. The predicted octanol–water partition coefficient (Wildman–Crippen LogP) is 2.67. The van der Waals surface area contributed by atoms with Crippen LogP contribution in [0.4, 0.5) is 5.69 Å². The minimum atomic E-state index is -0.842. The highest BCUT2D eigenvalue weighted by molar-refractivity contribution is 5.97. The Labute approximate surface area is 161 Å². The Morgan fingerprint density at radius 1 is 1.18 bits per heavy atom.